The van der Waals surface area contributed by atoms with Gasteiger partial charge in [-0.25, -0.2) is 8.78 Å². The van der Waals surface area contributed by atoms with Gasteiger partial charge in [0.25, 0.3) is 0 Å². The van der Waals surface area contributed by atoms with Crippen molar-refractivity contribution in [3.05, 3.63) is 21.3 Å². The molecule has 1 aliphatic carbocycles. The Kier molecular flexibility index (Phi) is 2.77. The van der Waals surface area contributed by atoms with Crippen LogP contribution in [0.4, 0.5) is 8.78 Å². The van der Waals surface area contributed by atoms with Gasteiger partial charge in [-0.3, -0.25) is 0 Å². The molecule has 1 aromatic rings. The van der Waals surface area contributed by atoms with Crippen molar-refractivity contribution in [2.24, 2.45) is 5.73 Å². The van der Waals surface area contributed by atoms with Crippen LogP contribution in [0.1, 0.15) is 30.6 Å². The maximum atomic E-state index is 13.0. The highest BCUT2D eigenvalue weighted by Gasteiger charge is 2.43. The number of hydrogen-bond acceptors (Lipinski definition) is 2. The van der Waals surface area contributed by atoms with E-state index < -0.39 is 11.5 Å². The topological polar surface area (TPSA) is 26.0 Å². The fourth-order valence-corrected chi connectivity index (χ4v) is 3.36. The molecule has 2 rings (SSSR count). The SMILES string of the molecule is NC1(c2sccc2Cl)CCC(F)(F)CC1. The first kappa shape index (κ1) is 11.3. The normalized spacial score (nSPS) is 24.0. The van der Waals surface area contributed by atoms with Crippen molar-refractivity contribution in [2.75, 3.05) is 0 Å². The van der Waals surface area contributed by atoms with Gasteiger partial charge in [0, 0.05) is 17.7 Å². The third-order valence-electron chi connectivity index (χ3n) is 2.94. The monoisotopic (exact) mass is 251 g/mol. The predicted octanol–water partition coefficient (Wildman–Crippen LogP) is 3.76. The summed E-state index contributed by atoms with van der Waals surface area (Å²) in [4.78, 5) is 0.847. The molecule has 1 fully saturated rings. The fourth-order valence-electron chi connectivity index (χ4n) is 1.94. The third kappa shape index (κ3) is 2.17. The Morgan fingerprint density at radius 1 is 1.27 bits per heavy atom. The highest BCUT2D eigenvalue weighted by atomic mass is 35.5. The molecule has 0 saturated heterocycles. The first-order valence-electron chi connectivity index (χ1n) is 4.83. The molecule has 0 atom stereocenters. The summed E-state index contributed by atoms with van der Waals surface area (Å²) in [5.74, 6) is -2.55. The molecule has 1 nitrogen and oxygen atoms in total. The third-order valence-corrected chi connectivity index (χ3v) is 4.50. The van der Waals surface area contributed by atoms with Gasteiger partial charge in [0.05, 0.1) is 10.6 Å². The smallest absolute Gasteiger partial charge is 0.248 e. The van der Waals surface area contributed by atoms with Gasteiger partial charge >= 0.3 is 0 Å². The maximum absolute atomic E-state index is 13.0. The van der Waals surface area contributed by atoms with Crippen molar-refractivity contribution in [1.82, 2.24) is 0 Å². The summed E-state index contributed by atoms with van der Waals surface area (Å²) in [6.45, 7) is 0. The molecule has 1 aromatic heterocycles. The molecule has 1 heterocycles. The Labute approximate surface area is 96.2 Å². The van der Waals surface area contributed by atoms with Crippen LogP contribution >= 0.6 is 22.9 Å². The molecular formula is C10H12ClF2NS. The summed E-state index contributed by atoms with van der Waals surface area (Å²) >= 11 is 7.43. The highest BCUT2D eigenvalue weighted by molar-refractivity contribution is 7.10. The Morgan fingerprint density at radius 3 is 2.33 bits per heavy atom. The first-order chi connectivity index (χ1) is 6.93. The number of alkyl halides is 2. The van der Waals surface area contributed by atoms with Crippen LogP contribution < -0.4 is 5.73 Å². The largest absolute Gasteiger partial charge is 0.321 e. The standard InChI is InChI=1S/C10H12ClF2NS/c11-7-1-6-15-8(7)9(14)2-4-10(12,13)5-3-9/h1,6H,2-5,14H2. The quantitative estimate of drug-likeness (QED) is 0.808. The summed E-state index contributed by atoms with van der Waals surface area (Å²) in [5.41, 5.74) is 5.49. The van der Waals surface area contributed by atoms with Crippen LogP contribution in [0.15, 0.2) is 11.4 Å². The minimum Gasteiger partial charge on any atom is -0.321 e. The summed E-state index contributed by atoms with van der Waals surface area (Å²) in [7, 11) is 0. The Morgan fingerprint density at radius 2 is 1.87 bits per heavy atom. The molecule has 15 heavy (non-hydrogen) atoms. The Hall–Kier alpha value is -0.190. The van der Waals surface area contributed by atoms with Crippen LogP contribution in [0.3, 0.4) is 0 Å². The molecule has 0 spiro atoms. The zero-order chi connectivity index (χ0) is 11.1. The molecular weight excluding hydrogens is 240 g/mol. The van der Waals surface area contributed by atoms with Gasteiger partial charge in [0.15, 0.2) is 0 Å². The zero-order valence-electron chi connectivity index (χ0n) is 8.10. The molecule has 84 valence electrons. The number of rotatable bonds is 1. The van der Waals surface area contributed by atoms with Gasteiger partial charge in [0.2, 0.25) is 5.92 Å². The van der Waals surface area contributed by atoms with E-state index in [-0.39, 0.29) is 12.8 Å². The lowest BCUT2D eigenvalue weighted by molar-refractivity contribution is -0.0509. The Balaban J connectivity index is 2.20. The average Bonchev–Trinajstić information content (AvgIpc) is 2.58. The molecule has 0 aromatic carbocycles. The molecule has 1 aliphatic rings. The van der Waals surface area contributed by atoms with Crippen LogP contribution in [0.5, 0.6) is 0 Å². The van der Waals surface area contributed by atoms with Gasteiger partial charge in [-0.05, 0) is 24.3 Å². The summed E-state index contributed by atoms with van der Waals surface area (Å²) < 4.78 is 26.0. The van der Waals surface area contributed by atoms with Crippen LogP contribution in [0.2, 0.25) is 5.02 Å². The first-order valence-corrected chi connectivity index (χ1v) is 6.09. The molecule has 2 N–H and O–H groups in total. The zero-order valence-corrected chi connectivity index (χ0v) is 9.68. The second-order valence-corrected chi connectivity index (χ2v) is 5.43. The van der Waals surface area contributed by atoms with E-state index in [0.717, 1.165) is 4.88 Å². The lowest BCUT2D eigenvalue weighted by Crippen LogP contribution is -2.43. The van der Waals surface area contributed by atoms with Crippen LogP contribution in [0.25, 0.3) is 0 Å². The molecule has 0 amide bonds. The number of thiophene rings is 1. The molecule has 5 heteroatoms. The minimum absolute atomic E-state index is 0.141. The molecule has 0 radical (unpaired) electrons. The number of nitrogens with two attached hydrogens (primary N) is 1. The van der Waals surface area contributed by atoms with Crippen molar-refractivity contribution in [1.29, 1.82) is 0 Å². The lowest BCUT2D eigenvalue weighted by atomic mass is 9.79. The Bertz CT molecular complexity index is 354. The van der Waals surface area contributed by atoms with Crippen molar-refractivity contribution in [2.45, 2.75) is 37.1 Å². The highest BCUT2D eigenvalue weighted by Crippen LogP contribution is 2.45. The number of hydrogen-bond donors (Lipinski definition) is 1. The van der Waals surface area contributed by atoms with E-state index in [2.05, 4.69) is 0 Å². The number of halogens is 3. The lowest BCUT2D eigenvalue weighted by Gasteiger charge is -2.36. The van der Waals surface area contributed by atoms with E-state index >= 15 is 0 Å². The fraction of sp³-hybridized carbons (Fsp3) is 0.600. The van der Waals surface area contributed by atoms with Gasteiger partial charge in [-0.2, -0.15) is 0 Å². The van der Waals surface area contributed by atoms with Crippen molar-refractivity contribution in [3.63, 3.8) is 0 Å². The van der Waals surface area contributed by atoms with E-state index in [0.29, 0.717) is 17.9 Å². The molecule has 0 unspecified atom stereocenters. The van der Waals surface area contributed by atoms with Gasteiger partial charge in [-0.1, -0.05) is 11.6 Å². The van der Waals surface area contributed by atoms with E-state index in [1.54, 1.807) is 6.07 Å². The summed E-state index contributed by atoms with van der Waals surface area (Å²) in [5, 5.41) is 2.45. The molecule has 0 aliphatic heterocycles. The average molecular weight is 252 g/mol. The van der Waals surface area contributed by atoms with Crippen molar-refractivity contribution < 1.29 is 8.78 Å². The predicted molar refractivity (Wildman–Crippen MR) is 58.6 cm³/mol. The second-order valence-electron chi connectivity index (χ2n) is 4.11. The molecule has 1 saturated carbocycles. The molecule has 0 bridgehead atoms. The van der Waals surface area contributed by atoms with Crippen LogP contribution in [-0.2, 0) is 5.54 Å². The minimum atomic E-state index is -2.55. The van der Waals surface area contributed by atoms with E-state index in [1.165, 1.54) is 11.3 Å². The van der Waals surface area contributed by atoms with E-state index in [1.807, 2.05) is 5.38 Å². The van der Waals surface area contributed by atoms with E-state index in [4.69, 9.17) is 17.3 Å². The van der Waals surface area contributed by atoms with Crippen LogP contribution in [0, 0.1) is 0 Å². The summed E-state index contributed by atoms with van der Waals surface area (Å²) in [6, 6.07) is 1.77. The van der Waals surface area contributed by atoms with Gasteiger partial charge < -0.3 is 5.73 Å². The second kappa shape index (κ2) is 3.68. The van der Waals surface area contributed by atoms with Crippen molar-refractivity contribution in [3.8, 4) is 0 Å². The van der Waals surface area contributed by atoms with Gasteiger partial charge in [-0.15, -0.1) is 11.3 Å². The van der Waals surface area contributed by atoms with E-state index in [9.17, 15) is 8.78 Å². The van der Waals surface area contributed by atoms with Crippen LogP contribution in [-0.4, -0.2) is 5.92 Å². The van der Waals surface area contributed by atoms with Crippen molar-refractivity contribution >= 4 is 22.9 Å². The maximum Gasteiger partial charge on any atom is 0.248 e. The summed E-state index contributed by atoms with van der Waals surface area (Å²) in [6.07, 6.45) is 0.329. The van der Waals surface area contributed by atoms with Gasteiger partial charge in [0.1, 0.15) is 0 Å².